The highest BCUT2D eigenvalue weighted by molar-refractivity contribution is 9.10. The van der Waals surface area contributed by atoms with Gasteiger partial charge in [-0.25, -0.2) is 4.98 Å². The Labute approximate surface area is 128 Å². The van der Waals surface area contributed by atoms with Crippen molar-refractivity contribution in [2.75, 3.05) is 6.61 Å². The molecular formula is C16H21BrN2O. The largest absolute Gasteiger partial charge is 0.396 e. The third-order valence-corrected chi connectivity index (χ3v) is 4.06. The predicted molar refractivity (Wildman–Crippen MR) is 85.8 cm³/mol. The molecule has 0 unspecified atom stereocenters. The maximum Gasteiger partial charge on any atom is 0.132 e. The smallest absolute Gasteiger partial charge is 0.132 e. The summed E-state index contributed by atoms with van der Waals surface area (Å²) in [7, 11) is 1.98. The second-order valence-electron chi connectivity index (χ2n) is 6.03. The lowest BCUT2D eigenvalue weighted by Crippen LogP contribution is -2.10. The standard InChI is InChI=1S/C16H21BrN2O/c1-16(2,3)12-7-5-11(6-8-12)14-15(17)18-13(9-10-20)19(14)4/h5-8,20H,9-10H2,1-4H3. The summed E-state index contributed by atoms with van der Waals surface area (Å²) in [5, 5.41) is 9.07. The second-order valence-corrected chi connectivity index (χ2v) is 6.78. The molecule has 0 aliphatic heterocycles. The third-order valence-electron chi connectivity index (χ3n) is 3.50. The summed E-state index contributed by atoms with van der Waals surface area (Å²) in [5.74, 6) is 0.884. The van der Waals surface area contributed by atoms with E-state index in [1.807, 2.05) is 11.6 Å². The number of benzene rings is 1. The lowest BCUT2D eigenvalue weighted by Gasteiger charge is -2.19. The fraction of sp³-hybridized carbons (Fsp3) is 0.438. The van der Waals surface area contributed by atoms with Crippen LogP contribution in [0.25, 0.3) is 11.3 Å². The van der Waals surface area contributed by atoms with Crippen molar-refractivity contribution in [2.24, 2.45) is 7.05 Å². The highest BCUT2D eigenvalue weighted by atomic mass is 79.9. The van der Waals surface area contributed by atoms with Crippen LogP contribution < -0.4 is 0 Å². The average molecular weight is 337 g/mol. The zero-order valence-electron chi connectivity index (χ0n) is 12.4. The first-order chi connectivity index (χ1) is 9.34. The van der Waals surface area contributed by atoms with E-state index >= 15 is 0 Å². The van der Waals surface area contributed by atoms with Gasteiger partial charge in [0, 0.05) is 19.0 Å². The highest BCUT2D eigenvalue weighted by Gasteiger charge is 2.16. The third kappa shape index (κ3) is 2.96. The van der Waals surface area contributed by atoms with Crippen LogP contribution in [0.1, 0.15) is 32.2 Å². The van der Waals surface area contributed by atoms with Crippen molar-refractivity contribution in [2.45, 2.75) is 32.6 Å². The van der Waals surface area contributed by atoms with Gasteiger partial charge in [0.2, 0.25) is 0 Å². The summed E-state index contributed by atoms with van der Waals surface area (Å²) in [6.07, 6.45) is 0.565. The molecule has 0 spiro atoms. The number of rotatable bonds is 3. The molecule has 2 rings (SSSR count). The van der Waals surface area contributed by atoms with Crippen LogP contribution in [0, 0.1) is 0 Å². The second kappa shape index (κ2) is 5.70. The zero-order chi connectivity index (χ0) is 14.9. The van der Waals surface area contributed by atoms with E-state index in [1.54, 1.807) is 0 Å². The minimum absolute atomic E-state index is 0.111. The van der Waals surface area contributed by atoms with Crippen molar-refractivity contribution < 1.29 is 5.11 Å². The SMILES string of the molecule is Cn1c(CCO)nc(Br)c1-c1ccc(C(C)(C)C)cc1. The molecule has 108 valence electrons. The lowest BCUT2D eigenvalue weighted by molar-refractivity contribution is 0.295. The van der Waals surface area contributed by atoms with E-state index in [4.69, 9.17) is 5.11 Å². The highest BCUT2D eigenvalue weighted by Crippen LogP contribution is 2.31. The van der Waals surface area contributed by atoms with Crippen LogP contribution >= 0.6 is 15.9 Å². The van der Waals surface area contributed by atoms with Gasteiger partial charge < -0.3 is 9.67 Å². The first-order valence-corrected chi connectivity index (χ1v) is 7.56. The fourth-order valence-electron chi connectivity index (χ4n) is 2.27. The van der Waals surface area contributed by atoms with E-state index in [-0.39, 0.29) is 12.0 Å². The Kier molecular flexibility index (Phi) is 4.35. The molecule has 0 radical (unpaired) electrons. The van der Waals surface area contributed by atoms with Gasteiger partial charge >= 0.3 is 0 Å². The molecule has 4 heteroatoms. The molecule has 0 fully saturated rings. The summed E-state index contributed by atoms with van der Waals surface area (Å²) < 4.78 is 2.86. The quantitative estimate of drug-likeness (QED) is 0.928. The van der Waals surface area contributed by atoms with Crippen LogP contribution in [0.15, 0.2) is 28.9 Å². The van der Waals surface area contributed by atoms with Gasteiger partial charge in [0.05, 0.1) is 12.3 Å². The number of aromatic nitrogens is 2. The van der Waals surface area contributed by atoms with Crippen molar-refractivity contribution in [1.29, 1.82) is 0 Å². The van der Waals surface area contributed by atoms with Crippen LogP contribution in [-0.2, 0) is 18.9 Å². The van der Waals surface area contributed by atoms with Crippen LogP contribution in [0.5, 0.6) is 0 Å². The van der Waals surface area contributed by atoms with Crippen LogP contribution in [0.4, 0.5) is 0 Å². The van der Waals surface area contributed by atoms with Gasteiger partial charge in [-0.15, -0.1) is 0 Å². The van der Waals surface area contributed by atoms with Crippen LogP contribution in [-0.4, -0.2) is 21.3 Å². The normalized spacial score (nSPS) is 11.9. The van der Waals surface area contributed by atoms with Crippen molar-refractivity contribution in [3.05, 3.63) is 40.3 Å². The molecule has 0 aliphatic carbocycles. The molecule has 0 amide bonds. The summed E-state index contributed by atoms with van der Waals surface area (Å²) >= 11 is 3.52. The van der Waals surface area contributed by atoms with Gasteiger partial charge in [-0.1, -0.05) is 45.0 Å². The summed E-state index contributed by atoms with van der Waals surface area (Å²) in [6, 6.07) is 8.59. The van der Waals surface area contributed by atoms with Gasteiger partial charge in [-0.05, 0) is 26.9 Å². The first-order valence-electron chi connectivity index (χ1n) is 6.77. The maximum absolute atomic E-state index is 9.07. The van der Waals surface area contributed by atoms with Crippen LogP contribution in [0.3, 0.4) is 0 Å². The molecule has 0 atom stereocenters. The molecule has 1 heterocycles. The van der Waals surface area contributed by atoms with Crippen molar-refractivity contribution >= 4 is 15.9 Å². The number of aliphatic hydroxyl groups is 1. The van der Waals surface area contributed by atoms with E-state index < -0.39 is 0 Å². The van der Waals surface area contributed by atoms with E-state index in [0.29, 0.717) is 6.42 Å². The molecule has 0 aliphatic rings. The summed E-state index contributed by atoms with van der Waals surface area (Å²) in [4.78, 5) is 4.47. The molecule has 1 aromatic heterocycles. The number of halogens is 1. The fourth-order valence-corrected chi connectivity index (χ4v) is 2.97. The predicted octanol–water partition coefficient (Wildman–Crippen LogP) is 3.68. The van der Waals surface area contributed by atoms with E-state index in [9.17, 15) is 0 Å². The van der Waals surface area contributed by atoms with E-state index in [0.717, 1.165) is 21.7 Å². The van der Waals surface area contributed by atoms with Crippen molar-refractivity contribution in [3.8, 4) is 11.3 Å². The van der Waals surface area contributed by atoms with Crippen molar-refractivity contribution in [3.63, 3.8) is 0 Å². The number of aliphatic hydroxyl groups excluding tert-OH is 1. The Balaban J connectivity index is 2.42. The van der Waals surface area contributed by atoms with E-state index in [1.165, 1.54) is 5.56 Å². The minimum Gasteiger partial charge on any atom is -0.396 e. The Morgan fingerprint density at radius 1 is 1.20 bits per heavy atom. The number of hydrogen-bond acceptors (Lipinski definition) is 2. The molecule has 20 heavy (non-hydrogen) atoms. The topological polar surface area (TPSA) is 38.0 Å². The molecule has 3 nitrogen and oxygen atoms in total. The minimum atomic E-state index is 0.111. The molecule has 0 bridgehead atoms. The van der Waals surface area contributed by atoms with Crippen LogP contribution in [0.2, 0.25) is 0 Å². The van der Waals surface area contributed by atoms with Gasteiger partial charge in [0.25, 0.3) is 0 Å². The van der Waals surface area contributed by atoms with E-state index in [2.05, 4.69) is 66.0 Å². The Morgan fingerprint density at radius 3 is 2.30 bits per heavy atom. The maximum atomic E-state index is 9.07. The molecular weight excluding hydrogens is 316 g/mol. The molecule has 0 saturated carbocycles. The first kappa shape index (κ1) is 15.3. The number of hydrogen-bond donors (Lipinski definition) is 1. The number of imidazole rings is 1. The van der Waals surface area contributed by atoms with Crippen molar-refractivity contribution in [1.82, 2.24) is 9.55 Å². The Hall–Kier alpha value is -1.13. The number of nitrogens with zero attached hydrogens (tertiary/aromatic N) is 2. The van der Waals surface area contributed by atoms with Gasteiger partial charge in [-0.3, -0.25) is 0 Å². The summed E-state index contributed by atoms with van der Waals surface area (Å²) in [6.45, 7) is 6.74. The van der Waals surface area contributed by atoms with Gasteiger partial charge in [-0.2, -0.15) is 0 Å². The lowest BCUT2D eigenvalue weighted by atomic mass is 9.86. The zero-order valence-corrected chi connectivity index (χ0v) is 14.0. The monoisotopic (exact) mass is 336 g/mol. The molecule has 1 N–H and O–H groups in total. The average Bonchev–Trinajstić information content (AvgIpc) is 2.64. The molecule has 1 aromatic carbocycles. The Morgan fingerprint density at radius 2 is 1.80 bits per heavy atom. The van der Waals surface area contributed by atoms with Gasteiger partial charge in [0.1, 0.15) is 10.4 Å². The molecule has 0 saturated heterocycles. The van der Waals surface area contributed by atoms with Gasteiger partial charge in [0.15, 0.2) is 0 Å². The Bertz CT molecular complexity index is 594. The molecule has 2 aromatic rings. The summed E-state index contributed by atoms with van der Waals surface area (Å²) in [5.41, 5.74) is 3.65.